The van der Waals surface area contributed by atoms with E-state index in [1.165, 1.54) is 16.7 Å². The van der Waals surface area contributed by atoms with Gasteiger partial charge in [0, 0.05) is 19.8 Å². The molecule has 94 valence electrons. The highest BCUT2D eigenvalue weighted by Gasteiger charge is 2.22. The van der Waals surface area contributed by atoms with Gasteiger partial charge in [0.1, 0.15) is 5.03 Å². The van der Waals surface area contributed by atoms with Crippen molar-refractivity contribution in [1.82, 2.24) is 9.88 Å². The Morgan fingerprint density at radius 1 is 1.59 bits per heavy atom. The average Bonchev–Trinajstić information content (AvgIpc) is 2.25. The number of nitrogens with zero attached hydrogens (tertiary/aromatic N) is 2. The molecule has 17 heavy (non-hydrogen) atoms. The normalized spacial score (nSPS) is 11.4. The number of aliphatic hydroxyl groups is 1. The Bertz CT molecular complexity index is 402. The number of aromatic nitrogens is 1. The number of rotatable bonds is 4. The average molecular weight is 254 g/mol. The molecule has 0 spiro atoms. The molecule has 1 rings (SSSR count). The summed E-state index contributed by atoms with van der Waals surface area (Å²) in [6.07, 6.45) is 3.55. The highest BCUT2D eigenvalue weighted by Crippen LogP contribution is 2.18. The summed E-state index contributed by atoms with van der Waals surface area (Å²) < 4.78 is 0. The molecular formula is C12H18N2O2S. The zero-order valence-electron chi connectivity index (χ0n) is 10.6. The van der Waals surface area contributed by atoms with E-state index < -0.39 is 5.60 Å². The van der Waals surface area contributed by atoms with Crippen molar-refractivity contribution >= 4 is 17.7 Å². The van der Waals surface area contributed by atoms with E-state index in [0.717, 1.165) is 0 Å². The van der Waals surface area contributed by atoms with Crippen molar-refractivity contribution < 1.29 is 9.90 Å². The molecular weight excluding hydrogens is 236 g/mol. The lowest BCUT2D eigenvalue weighted by molar-refractivity contribution is 0.0365. The standard InChI is InChI=1S/C12H18N2O2S/c1-12(2,16)8-14(3)11(15)9-6-5-7-13-10(9)17-4/h5-7,16H,8H2,1-4H3. The Morgan fingerprint density at radius 3 is 2.76 bits per heavy atom. The lowest BCUT2D eigenvalue weighted by atomic mass is 10.1. The molecule has 4 nitrogen and oxygen atoms in total. The number of hydrogen-bond donors (Lipinski definition) is 1. The van der Waals surface area contributed by atoms with E-state index in [9.17, 15) is 9.90 Å². The topological polar surface area (TPSA) is 53.4 Å². The number of amides is 1. The molecule has 1 N–H and O–H groups in total. The van der Waals surface area contributed by atoms with Crippen LogP contribution in [0, 0.1) is 0 Å². The highest BCUT2D eigenvalue weighted by atomic mass is 32.2. The van der Waals surface area contributed by atoms with Crippen LogP contribution in [-0.2, 0) is 0 Å². The van der Waals surface area contributed by atoms with Crippen molar-refractivity contribution in [2.75, 3.05) is 19.8 Å². The van der Waals surface area contributed by atoms with Crippen LogP contribution in [0.5, 0.6) is 0 Å². The van der Waals surface area contributed by atoms with Crippen LogP contribution in [0.2, 0.25) is 0 Å². The largest absolute Gasteiger partial charge is 0.389 e. The molecule has 0 fully saturated rings. The summed E-state index contributed by atoms with van der Waals surface area (Å²) in [7, 11) is 1.68. The summed E-state index contributed by atoms with van der Waals surface area (Å²) in [6.45, 7) is 3.64. The van der Waals surface area contributed by atoms with Gasteiger partial charge in [0.15, 0.2) is 0 Å². The SMILES string of the molecule is CSc1ncccc1C(=O)N(C)CC(C)(C)O. The van der Waals surface area contributed by atoms with Crippen LogP contribution in [0.3, 0.4) is 0 Å². The van der Waals surface area contributed by atoms with Crippen molar-refractivity contribution in [2.45, 2.75) is 24.5 Å². The molecule has 1 heterocycles. The minimum atomic E-state index is -0.897. The fraction of sp³-hybridized carbons (Fsp3) is 0.500. The Labute approximate surface area is 106 Å². The number of pyridine rings is 1. The molecule has 0 radical (unpaired) electrons. The Morgan fingerprint density at radius 2 is 2.24 bits per heavy atom. The van der Waals surface area contributed by atoms with Gasteiger partial charge in [-0.3, -0.25) is 4.79 Å². The van der Waals surface area contributed by atoms with Gasteiger partial charge in [-0.2, -0.15) is 0 Å². The van der Waals surface area contributed by atoms with Crippen molar-refractivity contribution in [2.24, 2.45) is 0 Å². The molecule has 0 aliphatic heterocycles. The van der Waals surface area contributed by atoms with Gasteiger partial charge in [0.05, 0.1) is 11.2 Å². The maximum absolute atomic E-state index is 12.2. The summed E-state index contributed by atoms with van der Waals surface area (Å²) in [4.78, 5) is 17.8. The lowest BCUT2D eigenvalue weighted by Gasteiger charge is -2.25. The molecule has 1 aromatic rings. The van der Waals surface area contributed by atoms with Gasteiger partial charge in [-0.1, -0.05) is 0 Å². The van der Waals surface area contributed by atoms with Gasteiger partial charge < -0.3 is 10.0 Å². The van der Waals surface area contributed by atoms with Gasteiger partial charge >= 0.3 is 0 Å². The molecule has 0 unspecified atom stereocenters. The van der Waals surface area contributed by atoms with Crippen LogP contribution >= 0.6 is 11.8 Å². The molecule has 0 aromatic carbocycles. The predicted molar refractivity (Wildman–Crippen MR) is 69.3 cm³/mol. The Balaban J connectivity index is 2.89. The third kappa shape index (κ3) is 4.02. The monoisotopic (exact) mass is 254 g/mol. The first kappa shape index (κ1) is 14.0. The van der Waals surface area contributed by atoms with E-state index >= 15 is 0 Å². The molecule has 1 amide bonds. The summed E-state index contributed by atoms with van der Waals surface area (Å²) in [5.74, 6) is -0.121. The maximum atomic E-state index is 12.2. The van der Waals surface area contributed by atoms with Crippen LogP contribution in [0.4, 0.5) is 0 Å². The predicted octanol–water partition coefficient (Wildman–Crippen LogP) is 1.65. The summed E-state index contributed by atoms with van der Waals surface area (Å²) in [5, 5.41) is 10.4. The third-order valence-corrected chi connectivity index (χ3v) is 2.88. The minimum absolute atomic E-state index is 0.121. The van der Waals surface area contributed by atoms with Gasteiger partial charge in [0.2, 0.25) is 0 Å². The Kier molecular flexibility index (Phi) is 4.54. The number of thioether (sulfide) groups is 1. The number of carbonyl (C=O) groups is 1. The number of carbonyl (C=O) groups excluding carboxylic acids is 1. The van der Waals surface area contributed by atoms with Crippen molar-refractivity contribution in [3.63, 3.8) is 0 Å². The van der Waals surface area contributed by atoms with Crippen molar-refractivity contribution in [3.8, 4) is 0 Å². The van der Waals surface area contributed by atoms with Crippen LogP contribution in [-0.4, -0.2) is 46.3 Å². The van der Waals surface area contributed by atoms with Gasteiger partial charge in [-0.05, 0) is 32.2 Å². The zero-order valence-corrected chi connectivity index (χ0v) is 11.4. The first-order valence-electron chi connectivity index (χ1n) is 5.32. The molecule has 0 aliphatic rings. The fourth-order valence-corrected chi connectivity index (χ4v) is 2.12. The lowest BCUT2D eigenvalue weighted by Crippen LogP contribution is -2.39. The molecule has 0 bridgehead atoms. The maximum Gasteiger partial charge on any atom is 0.256 e. The first-order valence-corrected chi connectivity index (χ1v) is 6.54. The van der Waals surface area contributed by atoms with Gasteiger partial charge in [-0.15, -0.1) is 11.8 Å². The van der Waals surface area contributed by atoms with Gasteiger partial charge in [0.25, 0.3) is 5.91 Å². The molecule has 0 saturated carbocycles. The van der Waals surface area contributed by atoms with Gasteiger partial charge in [-0.25, -0.2) is 4.98 Å². The second-order valence-electron chi connectivity index (χ2n) is 4.53. The van der Waals surface area contributed by atoms with E-state index in [2.05, 4.69) is 4.98 Å². The van der Waals surface area contributed by atoms with E-state index in [-0.39, 0.29) is 12.5 Å². The molecule has 0 saturated heterocycles. The molecule has 0 aliphatic carbocycles. The minimum Gasteiger partial charge on any atom is -0.389 e. The van der Waals surface area contributed by atoms with Crippen molar-refractivity contribution in [3.05, 3.63) is 23.9 Å². The second kappa shape index (κ2) is 5.51. The summed E-state index contributed by atoms with van der Waals surface area (Å²) in [6, 6.07) is 3.49. The van der Waals surface area contributed by atoms with E-state index in [4.69, 9.17) is 0 Å². The van der Waals surface area contributed by atoms with Crippen LogP contribution < -0.4 is 0 Å². The number of likely N-dealkylation sites (N-methyl/N-ethyl adjacent to an activating group) is 1. The van der Waals surface area contributed by atoms with E-state index in [1.54, 1.807) is 39.2 Å². The second-order valence-corrected chi connectivity index (χ2v) is 5.33. The molecule has 0 atom stereocenters. The third-order valence-electron chi connectivity index (χ3n) is 2.17. The zero-order chi connectivity index (χ0) is 13.1. The summed E-state index contributed by atoms with van der Waals surface area (Å²) in [5.41, 5.74) is -0.321. The Hall–Kier alpha value is -1.07. The van der Waals surface area contributed by atoms with Crippen LogP contribution in [0.25, 0.3) is 0 Å². The van der Waals surface area contributed by atoms with Crippen LogP contribution in [0.15, 0.2) is 23.4 Å². The van der Waals surface area contributed by atoms with Crippen molar-refractivity contribution in [1.29, 1.82) is 0 Å². The van der Waals surface area contributed by atoms with Crippen LogP contribution in [0.1, 0.15) is 24.2 Å². The molecule has 1 aromatic heterocycles. The van der Waals surface area contributed by atoms with E-state index in [1.807, 2.05) is 6.26 Å². The smallest absolute Gasteiger partial charge is 0.256 e. The highest BCUT2D eigenvalue weighted by molar-refractivity contribution is 7.98. The molecule has 5 heteroatoms. The number of hydrogen-bond acceptors (Lipinski definition) is 4. The first-order chi connectivity index (χ1) is 7.85. The summed E-state index contributed by atoms with van der Waals surface area (Å²) >= 11 is 1.44. The fourth-order valence-electron chi connectivity index (χ4n) is 1.57. The quantitative estimate of drug-likeness (QED) is 0.830. The van der Waals surface area contributed by atoms with E-state index in [0.29, 0.717) is 10.6 Å².